The Kier molecular flexibility index (Phi) is 6.51. The molecule has 3 aromatic carbocycles. The van der Waals surface area contributed by atoms with Crippen molar-refractivity contribution in [2.24, 2.45) is 0 Å². The second-order valence-electron chi connectivity index (χ2n) is 9.96. The molecule has 39 heavy (non-hydrogen) atoms. The zero-order chi connectivity index (χ0) is 26.9. The van der Waals surface area contributed by atoms with Gasteiger partial charge >= 0.3 is 0 Å². The summed E-state index contributed by atoms with van der Waals surface area (Å²) in [4.78, 5) is 7.18. The quantitative estimate of drug-likeness (QED) is 0.311. The highest BCUT2D eigenvalue weighted by atomic mass is 16.5. The third-order valence-electron chi connectivity index (χ3n) is 7.12. The molecule has 1 aliphatic heterocycles. The van der Waals surface area contributed by atoms with E-state index in [2.05, 4.69) is 60.5 Å². The topological polar surface area (TPSA) is 87.7 Å². The van der Waals surface area contributed by atoms with Crippen molar-refractivity contribution in [2.75, 3.05) is 30.4 Å². The first-order valence-corrected chi connectivity index (χ1v) is 13.1. The minimum Gasteiger partial charge on any atom is -0.497 e. The third-order valence-corrected chi connectivity index (χ3v) is 7.12. The van der Waals surface area contributed by atoms with E-state index < -0.39 is 0 Å². The standard InChI is InChI=1S/C31H30N6O2/c1-20-18-36(19-21(2)39-20)24-11-14-28-26(15-24)29(33-17-22-7-5-4-6-8-22)27(16-32)31-34-30(35-37(28)31)23-9-12-25(38-3)13-10-23/h4-15,20-21,33H,17-19H2,1-3H3/t20-,21-/m0/s1. The lowest BCUT2D eigenvalue weighted by Crippen LogP contribution is -2.45. The number of benzene rings is 3. The van der Waals surface area contributed by atoms with Crippen LogP contribution in [0.15, 0.2) is 72.8 Å². The van der Waals surface area contributed by atoms with E-state index in [0.717, 1.165) is 52.2 Å². The zero-order valence-electron chi connectivity index (χ0n) is 22.3. The number of hydrogen-bond acceptors (Lipinski definition) is 7. The van der Waals surface area contributed by atoms with E-state index in [0.29, 0.717) is 23.6 Å². The molecular weight excluding hydrogens is 488 g/mol. The monoisotopic (exact) mass is 518 g/mol. The maximum atomic E-state index is 10.4. The van der Waals surface area contributed by atoms with Crippen molar-refractivity contribution in [3.05, 3.63) is 83.9 Å². The fourth-order valence-electron chi connectivity index (χ4n) is 5.32. The molecule has 0 spiro atoms. The van der Waals surface area contributed by atoms with Crippen LogP contribution in [0.25, 0.3) is 27.9 Å². The number of hydrogen-bond donors (Lipinski definition) is 1. The van der Waals surface area contributed by atoms with Crippen LogP contribution in [0.1, 0.15) is 25.0 Å². The molecule has 1 saturated heterocycles. The molecule has 0 unspecified atom stereocenters. The normalized spacial score (nSPS) is 17.3. The second-order valence-corrected chi connectivity index (χ2v) is 9.96. The van der Waals surface area contributed by atoms with Crippen LogP contribution in [0, 0.1) is 11.3 Å². The molecule has 2 atom stereocenters. The smallest absolute Gasteiger partial charge is 0.182 e. The fraction of sp³-hybridized carbons (Fsp3) is 0.258. The lowest BCUT2D eigenvalue weighted by atomic mass is 10.1. The summed E-state index contributed by atoms with van der Waals surface area (Å²) in [6.45, 7) is 6.39. The van der Waals surface area contributed by atoms with Gasteiger partial charge in [-0.05, 0) is 61.9 Å². The van der Waals surface area contributed by atoms with Crippen LogP contribution in [-0.2, 0) is 11.3 Å². The second kappa shape index (κ2) is 10.3. The molecule has 0 bridgehead atoms. The Morgan fingerprint density at radius 2 is 1.77 bits per heavy atom. The number of aromatic nitrogens is 3. The van der Waals surface area contributed by atoms with Gasteiger partial charge in [-0.25, -0.2) is 9.50 Å². The van der Waals surface area contributed by atoms with Crippen molar-refractivity contribution in [3.63, 3.8) is 0 Å². The SMILES string of the molecule is COc1ccc(-c2nc3c(C#N)c(NCc4ccccc4)c4cc(N5C[C@H](C)O[C@@H](C)C5)ccc4n3n2)cc1. The van der Waals surface area contributed by atoms with Crippen molar-refractivity contribution in [2.45, 2.75) is 32.6 Å². The van der Waals surface area contributed by atoms with Gasteiger partial charge in [0.1, 0.15) is 17.4 Å². The lowest BCUT2D eigenvalue weighted by Gasteiger charge is -2.37. The van der Waals surface area contributed by atoms with Gasteiger partial charge in [-0.15, -0.1) is 5.10 Å². The molecule has 196 valence electrons. The first-order chi connectivity index (χ1) is 19.0. The summed E-state index contributed by atoms with van der Waals surface area (Å²) in [6, 6.07) is 26.6. The maximum absolute atomic E-state index is 10.4. The Morgan fingerprint density at radius 3 is 2.46 bits per heavy atom. The predicted molar refractivity (Wildman–Crippen MR) is 153 cm³/mol. The van der Waals surface area contributed by atoms with Gasteiger partial charge in [0.25, 0.3) is 0 Å². The minimum absolute atomic E-state index is 0.139. The van der Waals surface area contributed by atoms with Crippen molar-refractivity contribution in [1.29, 1.82) is 5.26 Å². The van der Waals surface area contributed by atoms with Crippen molar-refractivity contribution in [3.8, 4) is 23.2 Å². The molecule has 0 amide bonds. The number of nitrogens with one attached hydrogen (secondary N) is 1. The van der Waals surface area contributed by atoms with E-state index in [-0.39, 0.29) is 12.2 Å². The van der Waals surface area contributed by atoms with Crippen LogP contribution in [0.5, 0.6) is 5.75 Å². The number of fused-ring (bicyclic) bond motifs is 3. The highest BCUT2D eigenvalue weighted by Gasteiger charge is 2.24. The number of ether oxygens (including phenoxy) is 2. The van der Waals surface area contributed by atoms with E-state index >= 15 is 0 Å². The van der Waals surface area contributed by atoms with Gasteiger partial charge in [0, 0.05) is 36.3 Å². The Bertz CT molecular complexity index is 1660. The summed E-state index contributed by atoms with van der Waals surface area (Å²) in [6.07, 6.45) is 0.277. The van der Waals surface area contributed by atoms with Gasteiger partial charge in [-0.1, -0.05) is 30.3 Å². The lowest BCUT2D eigenvalue weighted by molar-refractivity contribution is -0.00521. The van der Waals surface area contributed by atoms with E-state index in [4.69, 9.17) is 19.6 Å². The molecule has 8 heteroatoms. The van der Waals surface area contributed by atoms with Gasteiger partial charge < -0.3 is 19.7 Å². The molecule has 1 aliphatic rings. The van der Waals surface area contributed by atoms with Crippen molar-refractivity contribution < 1.29 is 9.47 Å². The number of morpholine rings is 1. The maximum Gasteiger partial charge on any atom is 0.182 e. The molecule has 3 heterocycles. The Hall–Kier alpha value is -4.61. The number of rotatable bonds is 6. The van der Waals surface area contributed by atoms with E-state index in [9.17, 15) is 5.26 Å². The van der Waals surface area contributed by atoms with E-state index in [1.54, 1.807) is 11.6 Å². The number of nitrogens with zero attached hydrogens (tertiary/aromatic N) is 5. The highest BCUT2D eigenvalue weighted by Crippen LogP contribution is 2.35. The van der Waals surface area contributed by atoms with Gasteiger partial charge in [0.15, 0.2) is 11.5 Å². The summed E-state index contributed by atoms with van der Waals surface area (Å²) < 4.78 is 13.1. The molecule has 5 aromatic rings. The number of nitriles is 1. The van der Waals surface area contributed by atoms with Gasteiger partial charge in [0.2, 0.25) is 0 Å². The van der Waals surface area contributed by atoms with Crippen LogP contribution in [0.3, 0.4) is 0 Å². The molecular formula is C31H30N6O2. The highest BCUT2D eigenvalue weighted by molar-refractivity contribution is 6.00. The third kappa shape index (κ3) is 4.73. The minimum atomic E-state index is 0.139. The molecule has 1 N–H and O–H groups in total. The molecule has 0 saturated carbocycles. The van der Waals surface area contributed by atoms with Crippen LogP contribution in [0.4, 0.5) is 11.4 Å². The largest absolute Gasteiger partial charge is 0.497 e. The summed E-state index contributed by atoms with van der Waals surface area (Å²) in [7, 11) is 1.64. The number of pyridine rings is 1. The van der Waals surface area contributed by atoms with Crippen LogP contribution in [0.2, 0.25) is 0 Å². The van der Waals surface area contributed by atoms with Crippen LogP contribution < -0.4 is 15.0 Å². The Morgan fingerprint density at radius 1 is 1.03 bits per heavy atom. The van der Waals surface area contributed by atoms with Crippen molar-refractivity contribution >= 4 is 27.9 Å². The summed E-state index contributed by atoms with van der Waals surface area (Å²) in [5.74, 6) is 1.31. The predicted octanol–water partition coefficient (Wildman–Crippen LogP) is 5.66. The fourth-order valence-corrected chi connectivity index (χ4v) is 5.32. The molecule has 1 fully saturated rings. The van der Waals surface area contributed by atoms with Crippen LogP contribution >= 0.6 is 0 Å². The summed E-state index contributed by atoms with van der Waals surface area (Å²) in [5, 5.41) is 19.7. The average Bonchev–Trinajstić information content (AvgIpc) is 3.41. The van der Waals surface area contributed by atoms with Crippen molar-refractivity contribution in [1.82, 2.24) is 14.6 Å². The van der Waals surface area contributed by atoms with Gasteiger partial charge in [-0.3, -0.25) is 0 Å². The number of anilines is 2. The Balaban J connectivity index is 1.52. The summed E-state index contributed by atoms with van der Waals surface area (Å²) >= 11 is 0. The van der Waals surface area contributed by atoms with Gasteiger partial charge in [-0.2, -0.15) is 5.26 Å². The van der Waals surface area contributed by atoms with Gasteiger partial charge in [0.05, 0.1) is 30.5 Å². The molecule has 0 aliphatic carbocycles. The molecule has 6 rings (SSSR count). The van der Waals surface area contributed by atoms with E-state index in [1.165, 1.54) is 0 Å². The zero-order valence-corrected chi connectivity index (χ0v) is 22.3. The van der Waals surface area contributed by atoms with Crippen LogP contribution in [-0.4, -0.2) is 47.0 Å². The first kappa shape index (κ1) is 24.7. The number of methoxy groups -OCH3 is 1. The molecule has 0 radical (unpaired) electrons. The first-order valence-electron chi connectivity index (χ1n) is 13.1. The average molecular weight is 519 g/mol. The summed E-state index contributed by atoms with van der Waals surface area (Å²) in [5.41, 5.74) is 5.69. The Labute approximate surface area is 227 Å². The van der Waals surface area contributed by atoms with E-state index in [1.807, 2.05) is 42.5 Å². The molecule has 8 nitrogen and oxygen atoms in total. The molecule has 2 aromatic heterocycles.